The Bertz CT molecular complexity index is 607. The third-order valence-corrected chi connectivity index (χ3v) is 4.54. The molecular formula is C13H19N3O3S. The van der Waals surface area contributed by atoms with Crippen molar-refractivity contribution in [3.63, 3.8) is 0 Å². The molecule has 1 heterocycles. The average Bonchev–Trinajstić information content (AvgIpc) is 2.38. The van der Waals surface area contributed by atoms with Crippen molar-refractivity contribution in [3.05, 3.63) is 23.8 Å². The summed E-state index contributed by atoms with van der Waals surface area (Å²) in [5, 5.41) is 6.11. The van der Waals surface area contributed by atoms with E-state index in [0.29, 0.717) is 0 Å². The monoisotopic (exact) mass is 297 g/mol. The van der Waals surface area contributed by atoms with Crippen molar-refractivity contribution < 1.29 is 13.2 Å². The van der Waals surface area contributed by atoms with Gasteiger partial charge in [-0.1, -0.05) is 6.07 Å². The molecule has 20 heavy (non-hydrogen) atoms. The van der Waals surface area contributed by atoms with Crippen LogP contribution in [0, 0.1) is 0 Å². The largest absolute Gasteiger partial charge is 0.397 e. The third kappa shape index (κ3) is 3.29. The molecule has 0 bridgehead atoms. The van der Waals surface area contributed by atoms with E-state index < -0.39 is 9.84 Å². The average molecular weight is 297 g/mol. The molecular weight excluding hydrogens is 278 g/mol. The Balaban J connectivity index is 2.22. The number of para-hydroxylation sites is 1. The predicted octanol–water partition coefficient (Wildman–Crippen LogP) is 0.154. The molecule has 1 aromatic carbocycles. The van der Waals surface area contributed by atoms with Crippen LogP contribution < -0.4 is 16.4 Å². The number of nitrogen functional groups attached to an aromatic ring is 1. The van der Waals surface area contributed by atoms with Crippen LogP contribution in [-0.2, 0) is 9.84 Å². The highest BCUT2D eigenvalue weighted by atomic mass is 32.2. The molecule has 1 fully saturated rings. The molecule has 0 spiro atoms. The van der Waals surface area contributed by atoms with E-state index >= 15 is 0 Å². The zero-order valence-electron chi connectivity index (χ0n) is 11.3. The van der Waals surface area contributed by atoms with Gasteiger partial charge in [-0.25, -0.2) is 8.42 Å². The Kier molecular flexibility index (Phi) is 4.29. The summed E-state index contributed by atoms with van der Waals surface area (Å²) in [6.45, 7) is 1.73. The quantitative estimate of drug-likeness (QED) is 0.690. The van der Waals surface area contributed by atoms with E-state index in [1.165, 1.54) is 12.1 Å². The summed E-state index contributed by atoms with van der Waals surface area (Å²) in [6.07, 6.45) is 2.79. The molecule has 0 unspecified atom stereocenters. The fourth-order valence-electron chi connectivity index (χ4n) is 2.29. The van der Waals surface area contributed by atoms with E-state index in [4.69, 9.17) is 5.73 Å². The van der Waals surface area contributed by atoms with E-state index in [1.54, 1.807) is 6.07 Å². The summed E-state index contributed by atoms with van der Waals surface area (Å²) < 4.78 is 23.2. The number of nitrogens with one attached hydrogen (secondary N) is 2. The van der Waals surface area contributed by atoms with Crippen LogP contribution in [-0.4, -0.2) is 39.7 Å². The van der Waals surface area contributed by atoms with Gasteiger partial charge in [-0.3, -0.25) is 4.79 Å². The fraction of sp³-hybridized carbons (Fsp3) is 0.462. The Labute approximate surface area is 118 Å². The Morgan fingerprint density at radius 2 is 2.00 bits per heavy atom. The van der Waals surface area contributed by atoms with Gasteiger partial charge in [-0.2, -0.15) is 0 Å². The number of carbonyl (C=O) groups is 1. The normalized spacial score (nSPS) is 16.9. The highest BCUT2D eigenvalue weighted by molar-refractivity contribution is 7.90. The predicted molar refractivity (Wildman–Crippen MR) is 77.3 cm³/mol. The Hall–Kier alpha value is -1.60. The SMILES string of the molecule is CS(=O)(=O)c1cccc(C(=O)NC2CCNCC2)c1N. The van der Waals surface area contributed by atoms with Crippen molar-refractivity contribution in [1.82, 2.24) is 10.6 Å². The highest BCUT2D eigenvalue weighted by Gasteiger charge is 2.21. The van der Waals surface area contributed by atoms with Crippen molar-refractivity contribution in [2.45, 2.75) is 23.8 Å². The first-order valence-electron chi connectivity index (χ1n) is 6.49. The first-order chi connectivity index (χ1) is 9.39. The number of anilines is 1. The summed E-state index contributed by atoms with van der Waals surface area (Å²) >= 11 is 0. The number of hydrogen-bond acceptors (Lipinski definition) is 5. The molecule has 4 N–H and O–H groups in total. The van der Waals surface area contributed by atoms with Crippen LogP contribution >= 0.6 is 0 Å². The molecule has 1 amide bonds. The van der Waals surface area contributed by atoms with E-state index in [0.717, 1.165) is 32.2 Å². The maximum absolute atomic E-state index is 12.2. The molecule has 1 aliphatic heterocycles. The van der Waals surface area contributed by atoms with Gasteiger partial charge in [0.05, 0.1) is 16.1 Å². The van der Waals surface area contributed by atoms with Crippen LogP contribution in [0.5, 0.6) is 0 Å². The molecule has 1 aliphatic rings. The topological polar surface area (TPSA) is 101 Å². The van der Waals surface area contributed by atoms with E-state index in [2.05, 4.69) is 10.6 Å². The summed E-state index contributed by atoms with van der Waals surface area (Å²) in [5.41, 5.74) is 6.05. The van der Waals surface area contributed by atoms with Gasteiger partial charge >= 0.3 is 0 Å². The molecule has 0 atom stereocenters. The Morgan fingerprint density at radius 1 is 1.35 bits per heavy atom. The van der Waals surface area contributed by atoms with E-state index in [1.807, 2.05) is 0 Å². The second-order valence-corrected chi connectivity index (χ2v) is 6.97. The smallest absolute Gasteiger partial charge is 0.253 e. The lowest BCUT2D eigenvalue weighted by molar-refractivity contribution is 0.0930. The zero-order valence-corrected chi connectivity index (χ0v) is 12.2. The highest BCUT2D eigenvalue weighted by Crippen LogP contribution is 2.22. The lowest BCUT2D eigenvalue weighted by Crippen LogP contribution is -2.42. The number of piperidine rings is 1. The Morgan fingerprint density at radius 3 is 2.60 bits per heavy atom. The summed E-state index contributed by atoms with van der Waals surface area (Å²) in [7, 11) is -3.44. The number of sulfone groups is 1. The molecule has 1 aromatic rings. The number of hydrogen-bond donors (Lipinski definition) is 3. The molecule has 2 rings (SSSR count). The number of rotatable bonds is 3. The van der Waals surface area contributed by atoms with Gasteiger partial charge in [0.25, 0.3) is 5.91 Å². The maximum atomic E-state index is 12.2. The molecule has 0 aromatic heterocycles. The molecule has 0 radical (unpaired) electrons. The first kappa shape index (κ1) is 14.8. The van der Waals surface area contributed by atoms with Gasteiger partial charge in [0.1, 0.15) is 0 Å². The minimum atomic E-state index is -3.44. The summed E-state index contributed by atoms with van der Waals surface area (Å²) in [5.74, 6) is -0.320. The molecule has 7 heteroatoms. The van der Waals surface area contributed by atoms with Crippen LogP contribution in [0.25, 0.3) is 0 Å². The lowest BCUT2D eigenvalue weighted by Gasteiger charge is -2.24. The fourth-order valence-corrected chi connectivity index (χ4v) is 3.13. The van der Waals surface area contributed by atoms with Gasteiger partial charge < -0.3 is 16.4 Å². The molecule has 0 aliphatic carbocycles. The lowest BCUT2D eigenvalue weighted by atomic mass is 10.1. The number of amides is 1. The molecule has 6 nitrogen and oxygen atoms in total. The van der Waals surface area contributed by atoms with Crippen molar-refractivity contribution in [3.8, 4) is 0 Å². The van der Waals surface area contributed by atoms with Crippen LogP contribution in [0.15, 0.2) is 23.1 Å². The second-order valence-electron chi connectivity index (χ2n) is 4.99. The minimum Gasteiger partial charge on any atom is -0.397 e. The first-order valence-corrected chi connectivity index (χ1v) is 8.39. The van der Waals surface area contributed by atoms with Gasteiger partial charge in [-0.05, 0) is 38.1 Å². The van der Waals surface area contributed by atoms with Crippen LogP contribution in [0.3, 0.4) is 0 Å². The maximum Gasteiger partial charge on any atom is 0.253 e. The van der Waals surface area contributed by atoms with Gasteiger partial charge in [-0.15, -0.1) is 0 Å². The van der Waals surface area contributed by atoms with Crippen LogP contribution in [0.4, 0.5) is 5.69 Å². The van der Waals surface area contributed by atoms with Crippen molar-refractivity contribution >= 4 is 21.4 Å². The molecule has 0 saturated carbocycles. The minimum absolute atomic E-state index is 0.00420. The standard InChI is InChI=1S/C13H19N3O3S/c1-20(18,19)11-4-2-3-10(12(11)14)13(17)16-9-5-7-15-8-6-9/h2-4,9,15H,5-8,14H2,1H3,(H,16,17). The van der Waals surface area contributed by atoms with Gasteiger partial charge in [0.2, 0.25) is 0 Å². The van der Waals surface area contributed by atoms with Crippen molar-refractivity contribution in [2.75, 3.05) is 25.1 Å². The second kappa shape index (κ2) is 5.80. The zero-order chi connectivity index (χ0) is 14.8. The van der Waals surface area contributed by atoms with Crippen LogP contribution in [0.2, 0.25) is 0 Å². The summed E-state index contributed by atoms with van der Waals surface area (Å²) in [6, 6.07) is 4.58. The van der Waals surface area contributed by atoms with Crippen molar-refractivity contribution in [1.29, 1.82) is 0 Å². The number of benzene rings is 1. The van der Waals surface area contributed by atoms with Gasteiger partial charge in [0, 0.05) is 12.3 Å². The van der Waals surface area contributed by atoms with Crippen molar-refractivity contribution in [2.24, 2.45) is 0 Å². The van der Waals surface area contributed by atoms with Crippen LogP contribution in [0.1, 0.15) is 23.2 Å². The van der Waals surface area contributed by atoms with Gasteiger partial charge in [0.15, 0.2) is 9.84 Å². The third-order valence-electron chi connectivity index (χ3n) is 3.38. The van der Waals surface area contributed by atoms with E-state index in [9.17, 15) is 13.2 Å². The molecule has 110 valence electrons. The molecule has 1 saturated heterocycles. The summed E-state index contributed by atoms with van der Waals surface area (Å²) in [4.78, 5) is 12.2. The number of nitrogens with two attached hydrogens (primary N) is 1. The number of carbonyl (C=O) groups excluding carboxylic acids is 1. The van der Waals surface area contributed by atoms with E-state index in [-0.39, 0.29) is 28.1 Å².